The predicted molar refractivity (Wildman–Crippen MR) is 106 cm³/mol. The van der Waals surface area contributed by atoms with Gasteiger partial charge in [0.25, 0.3) is 5.91 Å². The summed E-state index contributed by atoms with van der Waals surface area (Å²) in [5.41, 5.74) is 8.94. The molecule has 1 heterocycles. The highest BCUT2D eigenvalue weighted by Gasteiger charge is 2.29. The van der Waals surface area contributed by atoms with Gasteiger partial charge in [-0.3, -0.25) is 14.4 Å². The van der Waals surface area contributed by atoms with E-state index in [1.54, 1.807) is 12.1 Å². The van der Waals surface area contributed by atoms with E-state index in [1.165, 1.54) is 18.3 Å². The van der Waals surface area contributed by atoms with E-state index in [-0.39, 0.29) is 24.8 Å². The molecular formula is C20H18FN5O6. The number of para-hydroxylation sites is 1. The van der Waals surface area contributed by atoms with Crippen LogP contribution in [0.4, 0.5) is 4.39 Å². The van der Waals surface area contributed by atoms with Crippen molar-refractivity contribution in [2.45, 2.75) is 37.8 Å². The number of Topliss-reactive ketones (excluding diaryl/α,β-unsaturated/α-hetero) is 1. The number of ether oxygens (including phenoxy) is 1. The predicted octanol–water partition coefficient (Wildman–Crippen LogP) is 0.894. The number of ketones is 1. The van der Waals surface area contributed by atoms with E-state index in [9.17, 15) is 28.7 Å². The third-order valence-electron chi connectivity index (χ3n) is 4.44. The normalized spacial score (nSPS) is 12.1. The summed E-state index contributed by atoms with van der Waals surface area (Å²) in [6.45, 7) is 0. The molecule has 0 bridgehead atoms. The van der Waals surface area contributed by atoms with E-state index in [0.717, 1.165) is 0 Å². The number of nitrogens with one attached hydrogen (secondary N) is 2. The van der Waals surface area contributed by atoms with Crippen molar-refractivity contribution in [1.82, 2.24) is 10.3 Å². The fourth-order valence-electron chi connectivity index (χ4n) is 2.93. The highest BCUT2D eigenvalue weighted by molar-refractivity contribution is 6.25. The Bertz CT molecular complexity index is 1130. The zero-order valence-corrected chi connectivity index (χ0v) is 16.6. The summed E-state index contributed by atoms with van der Waals surface area (Å²) in [5.74, 6) is -4.61. The molecule has 0 unspecified atom stereocenters. The Morgan fingerprint density at radius 1 is 1.38 bits per heavy atom. The summed E-state index contributed by atoms with van der Waals surface area (Å²) in [4.78, 5) is 52.7. The molecular weight excluding hydrogens is 425 g/mol. The topological polar surface area (TPSA) is 186 Å². The van der Waals surface area contributed by atoms with Crippen LogP contribution in [-0.4, -0.2) is 56.9 Å². The van der Waals surface area contributed by atoms with Crippen LogP contribution in [-0.2, 0) is 30.3 Å². The minimum absolute atomic E-state index is 0.178. The second-order valence-corrected chi connectivity index (χ2v) is 6.64. The van der Waals surface area contributed by atoms with Gasteiger partial charge in [-0.05, 0) is 18.1 Å². The van der Waals surface area contributed by atoms with Crippen molar-refractivity contribution in [3.8, 4) is 6.07 Å². The number of benzene rings is 1. The molecule has 0 radical (unpaired) electrons. The summed E-state index contributed by atoms with van der Waals surface area (Å²) in [5, 5.41) is 20.6. The molecule has 0 aliphatic heterocycles. The second kappa shape index (κ2) is 11.1. The van der Waals surface area contributed by atoms with Gasteiger partial charge in [-0.1, -0.05) is 12.1 Å². The van der Waals surface area contributed by atoms with E-state index in [2.05, 4.69) is 15.1 Å². The number of aromatic nitrogens is 1. The van der Waals surface area contributed by atoms with Gasteiger partial charge in [-0.15, -0.1) is 0 Å². The van der Waals surface area contributed by atoms with Gasteiger partial charge in [-0.25, -0.2) is 9.18 Å². The van der Waals surface area contributed by atoms with Crippen LogP contribution in [0.2, 0.25) is 0 Å². The number of nitrogens with zero attached hydrogens (tertiary/aromatic N) is 3. The molecule has 1 amide bonds. The number of carboxylic acids is 1. The van der Waals surface area contributed by atoms with Crippen molar-refractivity contribution in [3.63, 3.8) is 0 Å². The van der Waals surface area contributed by atoms with E-state index >= 15 is 0 Å². The minimum Gasteiger partial charge on any atom is -0.480 e. The number of carboxylic acid groups (broad SMARTS) is 1. The Balaban J connectivity index is 2.23. The number of fused-ring (bicyclic) bond motifs is 1. The molecule has 0 aliphatic carbocycles. The molecule has 166 valence electrons. The van der Waals surface area contributed by atoms with E-state index in [1.807, 2.05) is 0 Å². The molecule has 1 aromatic heterocycles. The molecule has 2 rings (SSSR count). The lowest BCUT2D eigenvalue weighted by Crippen LogP contribution is -2.47. The van der Waals surface area contributed by atoms with Gasteiger partial charge in [0.2, 0.25) is 5.78 Å². The van der Waals surface area contributed by atoms with Crippen LogP contribution in [0, 0.1) is 17.1 Å². The van der Waals surface area contributed by atoms with E-state index in [0.29, 0.717) is 17.2 Å². The van der Waals surface area contributed by atoms with Crippen molar-refractivity contribution in [1.29, 1.82) is 5.26 Å². The molecule has 11 nitrogen and oxygen atoms in total. The standard InChI is InChI=1S/C20H18FN5O6/c21-14-3-1-2-13-11(9-24-18(13)14)8-16(32-17(28)6-7-22)19(29)26-15(20(30)31)5-4-12(27)10-25-23/h1-3,9-10,15-16,24H,4-6,8H2,(H,26,29)(H,30,31)/t15-,16-/m0/s1. The van der Waals surface area contributed by atoms with Gasteiger partial charge < -0.3 is 25.7 Å². The molecule has 0 saturated heterocycles. The zero-order chi connectivity index (χ0) is 23.7. The van der Waals surface area contributed by atoms with Gasteiger partial charge in [0.05, 0.1) is 11.6 Å². The summed E-state index contributed by atoms with van der Waals surface area (Å²) in [6, 6.07) is 4.36. The van der Waals surface area contributed by atoms with Crippen LogP contribution in [0.25, 0.3) is 16.4 Å². The van der Waals surface area contributed by atoms with Crippen molar-refractivity contribution in [3.05, 3.63) is 41.3 Å². The van der Waals surface area contributed by atoms with Crippen LogP contribution in [0.15, 0.2) is 24.4 Å². The maximum atomic E-state index is 13.9. The number of hydrogen-bond acceptors (Lipinski definition) is 6. The second-order valence-electron chi connectivity index (χ2n) is 6.64. The third kappa shape index (κ3) is 6.32. The number of H-pyrrole nitrogens is 1. The number of nitriles is 1. The summed E-state index contributed by atoms with van der Waals surface area (Å²) in [6.07, 6.45) is -1.00. The fraction of sp³-hybridized carbons (Fsp3) is 0.300. The van der Waals surface area contributed by atoms with Crippen LogP contribution < -0.4 is 5.32 Å². The number of rotatable bonds is 11. The molecule has 0 fully saturated rings. The van der Waals surface area contributed by atoms with Crippen LogP contribution >= 0.6 is 0 Å². The summed E-state index contributed by atoms with van der Waals surface area (Å²) >= 11 is 0. The fourth-order valence-corrected chi connectivity index (χ4v) is 2.93. The van der Waals surface area contributed by atoms with E-state index in [4.69, 9.17) is 15.5 Å². The number of esters is 1. The smallest absolute Gasteiger partial charge is 0.326 e. The zero-order valence-electron chi connectivity index (χ0n) is 16.6. The highest BCUT2D eigenvalue weighted by Crippen LogP contribution is 2.22. The van der Waals surface area contributed by atoms with Crippen molar-refractivity contribution in [2.24, 2.45) is 0 Å². The Kier molecular flexibility index (Phi) is 8.33. The lowest BCUT2D eigenvalue weighted by atomic mass is 10.0. The molecule has 0 spiro atoms. The Hall–Kier alpha value is -4.36. The maximum absolute atomic E-state index is 13.9. The molecule has 0 aliphatic rings. The highest BCUT2D eigenvalue weighted by atomic mass is 19.1. The first-order valence-corrected chi connectivity index (χ1v) is 9.31. The monoisotopic (exact) mass is 443 g/mol. The lowest BCUT2D eigenvalue weighted by Gasteiger charge is -2.20. The number of halogens is 1. The molecule has 2 aromatic rings. The number of aliphatic carboxylic acids is 1. The maximum Gasteiger partial charge on any atom is 0.326 e. The average Bonchev–Trinajstić information content (AvgIpc) is 3.15. The summed E-state index contributed by atoms with van der Waals surface area (Å²) in [7, 11) is 0. The molecule has 3 N–H and O–H groups in total. The first kappa shape index (κ1) is 23.9. The molecule has 32 heavy (non-hydrogen) atoms. The van der Waals surface area contributed by atoms with Gasteiger partial charge in [-0.2, -0.15) is 10.1 Å². The number of amides is 1. The largest absolute Gasteiger partial charge is 0.480 e. The van der Waals surface area contributed by atoms with Gasteiger partial charge in [0, 0.05) is 24.4 Å². The van der Waals surface area contributed by atoms with Crippen LogP contribution in [0.1, 0.15) is 24.8 Å². The first-order chi connectivity index (χ1) is 15.3. The number of carbonyl (C=O) groups excluding carboxylic acids is 3. The van der Waals surface area contributed by atoms with Crippen LogP contribution in [0.5, 0.6) is 0 Å². The average molecular weight is 443 g/mol. The third-order valence-corrected chi connectivity index (χ3v) is 4.44. The van der Waals surface area contributed by atoms with Crippen molar-refractivity contribution >= 4 is 40.7 Å². The number of aromatic amines is 1. The van der Waals surface area contributed by atoms with Crippen molar-refractivity contribution in [2.75, 3.05) is 0 Å². The minimum atomic E-state index is -1.52. The van der Waals surface area contributed by atoms with Gasteiger partial charge in [0.1, 0.15) is 18.3 Å². The molecule has 2 atom stereocenters. The number of carbonyl (C=O) groups is 4. The SMILES string of the molecule is N#CCC(=O)O[C@@H](Cc1c[nH]c2c(F)cccc12)C(=O)N[C@@H](CCC(=O)C=[N+]=[N-])C(=O)O. The molecule has 12 heteroatoms. The summed E-state index contributed by atoms with van der Waals surface area (Å²) < 4.78 is 19.0. The van der Waals surface area contributed by atoms with Crippen LogP contribution in [0.3, 0.4) is 0 Å². The number of hydrogen-bond donors (Lipinski definition) is 3. The van der Waals surface area contributed by atoms with Gasteiger partial charge in [0.15, 0.2) is 6.10 Å². The molecule has 0 saturated carbocycles. The Morgan fingerprint density at radius 2 is 2.12 bits per heavy atom. The van der Waals surface area contributed by atoms with Crippen molar-refractivity contribution < 1.29 is 38.2 Å². The first-order valence-electron chi connectivity index (χ1n) is 9.31. The lowest BCUT2D eigenvalue weighted by molar-refractivity contribution is -0.156. The Labute approximate surface area is 180 Å². The quantitative estimate of drug-likeness (QED) is 0.199. The molecule has 1 aromatic carbocycles. The van der Waals surface area contributed by atoms with E-state index < -0.39 is 48.0 Å². The van der Waals surface area contributed by atoms with Gasteiger partial charge >= 0.3 is 18.2 Å². The Morgan fingerprint density at radius 3 is 2.78 bits per heavy atom.